The molecule has 5 heteroatoms. The summed E-state index contributed by atoms with van der Waals surface area (Å²) in [6.07, 6.45) is 1.11. The number of sulfone groups is 1. The Bertz CT molecular complexity index is 298. The SMILES string of the molecule is CC(C)(C)S(=O)(=O)CCN1CCCNCC1. The van der Waals surface area contributed by atoms with E-state index in [9.17, 15) is 8.42 Å². The van der Waals surface area contributed by atoms with E-state index in [2.05, 4.69) is 10.2 Å². The maximum absolute atomic E-state index is 11.9. The van der Waals surface area contributed by atoms with E-state index in [4.69, 9.17) is 0 Å². The lowest BCUT2D eigenvalue weighted by molar-refractivity contribution is 0.309. The predicted octanol–water partition coefficient (Wildman–Crippen LogP) is 0.495. The molecule has 96 valence electrons. The minimum absolute atomic E-state index is 0.274. The van der Waals surface area contributed by atoms with Gasteiger partial charge in [0.05, 0.1) is 10.5 Å². The smallest absolute Gasteiger partial charge is 0.156 e. The van der Waals surface area contributed by atoms with Gasteiger partial charge in [-0.25, -0.2) is 8.42 Å². The summed E-state index contributed by atoms with van der Waals surface area (Å²) in [5.74, 6) is 0.274. The van der Waals surface area contributed by atoms with Crippen molar-refractivity contribution in [3.05, 3.63) is 0 Å². The van der Waals surface area contributed by atoms with Crippen molar-refractivity contribution < 1.29 is 8.42 Å². The van der Waals surface area contributed by atoms with Gasteiger partial charge in [-0.05, 0) is 40.3 Å². The fourth-order valence-electron chi connectivity index (χ4n) is 1.68. The highest BCUT2D eigenvalue weighted by Crippen LogP contribution is 2.16. The summed E-state index contributed by atoms with van der Waals surface area (Å²) in [6, 6.07) is 0. The van der Waals surface area contributed by atoms with Crippen LogP contribution >= 0.6 is 0 Å². The zero-order valence-electron chi connectivity index (χ0n) is 10.6. The molecule has 1 aliphatic heterocycles. The highest BCUT2D eigenvalue weighted by Gasteiger charge is 2.29. The molecule has 0 aromatic rings. The molecule has 1 heterocycles. The summed E-state index contributed by atoms with van der Waals surface area (Å²) in [5.41, 5.74) is 0. The normalized spacial score (nSPS) is 20.7. The predicted molar refractivity (Wildman–Crippen MR) is 67.5 cm³/mol. The third-order valence-electron chi connectivity index (χ3n) is 3.04. The Balaban J connectivity index is 2.44. The molecular weight excluding hydrogens is 224 g/mol. The molecule has 0 unspecified atom stereocenters. The molecule has 0 aromatic carbocycles. The Labute approximate surface area is 99.3 Å². The summed E-state index contributed by atoms with van der Waals surface area (Å²) >= 11 is 0. The second-order valence-corrected chi connectivity index (χ2v) is 8.24. The Hall–Kier alpha value is -0.130. The Morgan fingerprint density at radius 1 is 1.19 bits per heavy atom. The molecule has 0 saturated carbocycles. The van der Waals surface area contributed by atoms with Crippen LogP contribution in [0.3, 0.4) is 0 Å². The number of nitrogens with zero attached hydrogens (tertiary/aromatic N) is 1. The zero-order valence-corrected chi connectivity index (χ0v) is 11.4. The standard InChI is InChI=1S/C11H24N2O2S/c1-11(2,3)16(14,15)10-9-13-7-4-5-12-6-8-13/h12H,4-10H2,1-3H3. The molecule has 4 nitrogen and oxygen atoms in total. The molecule has 1 rings (SSSR count). The highest BCUT2D eigenvalue weighted by atomic mass is 32.2. The Morgan fingerprint density at radius 2 is 1.88 bits per heavy atom. The van der Waals surface area contributed by atoms with Crippen LogP contribution in [-0.4, -0.2) is 56.5 Å². The van der Waals surface area contributed by atoms with Gasteiger partial charge in [0, 0.05) is 19.6 Å². The molecule has 0 atom stereocenters. The average Bonchev–Trinajstić information content (AvgIpc) is 2.41. The van der Waals surface area contributed by atoms with E-state index < -0.39 is 14.6 Å². The summed E-state index contributed by atoms with van der Waals surface area (Å²) < 4.78 is 23.2. The molecule has 1 N–H and O–H groups in total. The monoisotopic (exact) mass is 248 g/mol. The molecule has 0 bridgehead atoms. The van der Waals surface area contributed by atoms with Crippen molar-refractivity contribution in [2.75, 3.05) is 38.5 Å². The summed E-state index contributed by atoms with van der Waals surface area (Å²) in [4.78, 5) is 2.24. The van der Waals surface area contributed by atoms with Crippen molar-refractivity contribution in [3.63, 3.8) is 0 Å². The van der Waals surface area contributed by atoms with Crippen LogP contribution in [0.15, 0.2) is 0 Å². The number of nitrogens with one attached hydrogen (secondary N) is 1. The third-order valence-corrected chi connectivity index (χ3v) is 5.63. The first-order chi connectivity index (χ1) is 7.33. The topological polar surface area (TPSA) is 49.4 Å². The number of rotatable bonds is 3. The quantitative estimate of drug-likeness (QED) is 0.790. The molecule has 0 aliphatic carbocycles. The van der Waals surface area contributed by atoms with E-state index in [1.165, 1.54) is 0 Å². The van der Waals surface area contributed by atoms with Crippen molar-refractivity contribution in [3.8, 4) is 0 Å². The molecule has 0 aromatic heterocycles. The maximum Gasteiger partial charge on any atom is 0.156 e. The zero-order chi connectivity index (χ0) is 12.2. The summed E-state index contributed by atoms with van der Waals surface area (Å²) in [6.45, 7) is 9.95. The van der Waals surface area contributed by atoms with Crippen LogP contribution < -0.4 is 5.32 Å². The van der Waals surface area contributed by atoms with E-state index in [-0.39, 0.29) is 5.75 Å². The second-order valence-electron chi connectivity index (χ2n) is 5.38. The van der Waals surface area contributed by atoms with Crippen LogP contribution in [0.4, 0.5) is 0 Å². The van der Waals surface area contributed by atoms with Crippen LogP contribution in [0, 0.1) is 0 Å². The summed E-state index contributed by atoms with van der Waals surface area (Å²) in [7, 11) is -2.97. The van der Waals surface area contributed by atoms with E-state index in [0.29, 0.717) is 6.54 Å². The van der Waals surface area contributed by atoms with Crippen molar-refractivity contribution in [1.29, 1.82) is 0 Å². The van der Waals surface area contributed by atoms with E-state index >= 15 is 0 Å². The minimum Gasteiger partial charge on any atom is -0.315 e. The van der Waals surface area contributed by atoms with Gasteiger partial charge >= 0.3 is 0 Å². The van der Waals surface area contributed by atoms with E-state index in [0.717, 1.165) is 32.6 Å². The molecule has 0 amide bonds. The Morgan fingerprint density at radius 3 is 2.50 bits per heavy atom. The van der Waals surface area contributed by atoms with Gasteiger partial charge in [0.15, 0.2) is 9.84 Å². The molecule has 1 fully saturated rings. The average molecular weight is 248 g/mol. The minimum atomic E-state index is -2.97. The van der Waals surface area contributed by atoms with Crippen LogP contribution in [0.25, 0.3) is 0 Å². The largest absolute Gasteiger partial charge is 0.315 e. The van der Waals surface area contributed by atoms with E-state index in [1.54, 1.807) is 20.8 Å². The molecule has 1 aliphatic rings. The lowest BCUT2D eigenvalue weighted by Crippen LogP contribution is -2.37. The third kappa shape index (κ3) is 4.03. The first-order valence-corrected chi connectivity index (χ1v) is 7.63. The first kappa shape index (κ1) is 13.9. The maximum atomic E-state index is 11.9. The van der Waals surface area contributed by atoms with Gasteiger partial charge in [0.25, 0.3) is 0 Å². The lowest BCUT2D eigenvalue weighted by atomic mass is 10.3. The molecule has 1 saturated heterocycles. The molecule has 0 radical (unpaired) electrons. The number of hydrogen-bond donors (Lipinski definition) is 1. The van der Waals surface area contributed by atoms with Gasteiger partial charge in [-0.2, -0.15) is 0 Å². The molecule has 0 spiro atoms. The molecular formula is C11H24N2O2S. The fourth-order valence-corrected chi connectivity index (χ4v) is 2.79. The van der Waals surface area contributed by atoms with Gasteiger partial charge in [-0.3, -0.25) is 0 Å². The Kier molecular flexibility index (Phi) is 4.76. The van der Waals surface area contributed by atoms with Crippen molar-refractivity contribution >= 4 is 9.84 Å². The van der Waals surface area contributed by atoms with Gasteiger partial charge in [-0.1, -0.05) is 0 Å². The van der Waals surface area contributed by atoms with Gasteiger partial charge in [0.1, 0.15) is 0 Å². The fraction of sp³-hybridized carbons (Fsp3) is 1.00. The first-order valence-electron chi connectivity index (χ1n) is 5.98. The molecule has 16 heavy (non-hydrogen) atoms. The second kappa shape index (κ2) is 5.47. The van der Waals surface area contributed by atoms with Gasteiger partial charge in [0.2, 0.25) is 0 Å². The van der Waals surface area contributed by atoms with Crippen molar-refractivity contribution in [2.24, 2.45) is 0 Å². The number of hydrogen-bond acceptors (Lipinski definition) is 4. The van der Waals surface area contributed by atoms with Crippen LogP contribution in [-0.2, 0) is 9.84 Å². The van der Waals surface area contributed by atoms with E-state index in [1.807, 2.05) is 0 Å². The van der Waals surface area contributed by atoms with Crippen LogP contribution in [0.2, 0.25) is 0 Å². The van der Waals surface area contributed by atoms with Crippen molar-refractivity contribution in [2.45, 2.75) is 31.9 Å². The van der Waals surface area contributed by atoms with Crippen molar-refractivity contribution in [1.82, 2.24) is 10.2 Å². The van der Waals surface area contributed by atoms with Gasteiger partial charge in [-0.15, -0.1) is 0 Å². The lowest BCUT2D eigenvalue weighted by Gasteiger charge is -2.23. The highest BCUT2D eigenvalue weighted by molar-refractivity contribution is 7.92. The summed E-state index contributed by atoms with van der Waals surface area (Å²) in [5, 5.41) is 3.31. The van der Waals surface area contributed by atoms with Crippen LogP contribution in [0.1, 0.15) is 27.2 Å². The van der Waals surface area contributed by atoms with Gasteiger partial charge < -0.3 is 10.2 Å². The van der Waals surface area contributed by atoms with Crippen LogP contribution in [0.5, 0.6) is 0 Å².